The molecule has 3 aliphatic heterocycles. The van der Waals surface area contributed by atoms with Gasteiger partial charge in [-0.2, -0.15) is 0 Å². The summed E-state index contributed by atoms with van der Waals surface area (Å²) in [6.07, 6.45) is 7.04. The van der Waals surface area contributed by atoms with Gasteiger partial charge in [-0.15, -0.1) is 0 Å². The second kappa shape index (κ2) is 6.97. The Morgan fingerprint density at radius 3 is 2.90 bits per heavy atom. The zero-order valence-electron chi connectivity index (χ0n) is 13.5. The normalized spacial score (nSPS) is 36.4. The summed E-state index contributed by atoms with van der Waals surface area (Å²) in [6.45, 7) is 7.02. The number of nitrogens with zero attached hydrogens (tertiary/aromatic N) is 2. The SMILES string of the molecule is CCCN1CCC(CNC(=NC)NC2CC3CCC2O3)C1. The van der Waals surface area contributed by atoms with Crippen molar-refractivity contribution in [2.75, 3.05) is 33.2 Å². The van der Waals surface area contributed by atoms with Crippen molar-refractivity contribution >= 4 is 5.96 Å². The van der Waals surface area contributed by atoms with Crippen LogP contribution in [0.25, 0.3) is 0 Å². The minimum absolute atomic E-state index is 0.403. The van der Waals surface area contributed by atoms with Gasteiger partial charge < -0.3 is 20.3 Å². The van der Waals surface area contributed by atoms with Gasteiger partial charge >= 0.3 is 0 Å². The van der Waals surface area contributed by atoms with Gasteiger partial charge in [0.1, 0.15) is 0 Å². The van der Waals surface area contributed by atoms with E-state index >= 15 is 0 Å². The summed E-state index contributed by atoms with van der Waals surface area (Å²) < 4.78 is 5.90. The van der Waals surface area contributed by atoms with E-state index < -0.39 is 0 Å². The number of hydrogen-bond donors (Lipinski definition) is 2. The van der Waals surface area contributed by atoms with E-state index in [2.05, 4.69) is 27.4 Å². The second-order valence-electron chi connectivity index (χ2n) is 6.77. The summed E-state index contributed by atoms with van der Waals surface area (Å²) in [7, 11) is 1.86. The van der Waals surface area contributed by atoms with Crippen molar-refractivity contribution in [3.8, 4) is 0 Å². The Labute approximate surface area is 128 Å². The number of fused-ring (bicyclic) bond motifs is 2. The lowest BCUT2D eigenvalue weighted by molar-refractivity contribution is 0.0992. The van der Waals surface area contributed by atoms with Crippen LogP contribution in [0.1, 0.15) is 39.0 Å². The fraction of sp³-hybridized carbons (Fsp3) is 0.938. The van der Waals surface area contributed by atoms with E-state index in [1.54, 1.807) is 0 Å². The van der Waals surface area contributed by atoms with Crippen LogP contribution in [0.15, 0.2) is 4.99 Å². The van der Waals surface area contributed by atoms with Gasteiger partial charge in [0.2, 0.25) is 0 Å². The molecule has 0 amide bonds. The van der Waals surface area contributed by atoms with E-state index in [0.29, 0.717) is 18.2 Å². The van der Waals surface area contributed by atoms with Crippen molar-refractivity contribution in [1.29, 1.82) is 0 Å². The van der Waals surface area contributed by atoms with Crippen LogP contribution in [0.4, 0.5) is 0 Å². The van der Waals surface area contributed by atoms with Crippen LogP contribution in [-0.4, -0.2) is 62.3 Å². The Hall–Kier alpha value is -0.810. The summed E-state index contributed by atoms with van der Waals surface area (Å²) in [4.78, 5) is 6.95. The van der Waals surface area contributed by atoms with E-state index in [4.69, 9.17) is 4.74 Å². The van der Waals surface area contributed by atoms with E-state index in [1.807, 2.05) is 7.05 Å². The number of ether oxygens (including phenoxy) is 1. The maximum absolute atomic E-state index is 5.90. The van der Waals surface area contributed by atoms with E-state index in [-0.39, 0.29) is 0 Å². The molecule has 5 heteroatoms. The highest BCUT2D eigenvalue weighted by Gasteiger charge is 2.41. The number of guanidine groups is 1. The second-order valence-corrected chi connectivity index (χ2v) is 6.77. The molecule has 3 aliphatic rings. The van der Waals surface area contributed by atoms with Crippen molar-refractivity contribution in [2.24, 2.45) is 10.9 Å². The Balaban J connectivity index is 1.39. The van der Waals surface area contributed by atoms with Gasteiger partial charge in [-0.25, -0.2) is 0 Å². The van der Waals surface area contributed by atoms with Crippen LogP contribution < -0.4 is 10.6 Å². The molecule has 120 valence electrons. The van der Waals surface area contributed by atoms with Crippen molar-refractivity contribution in [1.82, 2.24) is 15.5 Å². The monoisotopic (exact) mass is 294 g/mol. The van der Waals surface area contributed by atoms with Crippen LogP contribution >= 0.6 is 0 Å². The van der Waals surface area contributed by atoms with Crippen molar-refractivity contribution in [3.05, 3.63) is 0 Å². The molecule has 3 saturated heterocycles. The largest absolute Gasteiger partial charge is 0.373 e. The standard InChI is InChI=1S/C16H30N4O/c1-3-7-20-8-6-12(11-20)10-18-16(17-2)19-14-9-13-4-5-15(14)21-13/h12-15H,3-11H2,1-2H3,(H2,17,18,19). The quantitative estimate of drug-likeness (QED) is 0.591. The van der Waals surface area contributed by atoms with Gasteiger partial charge in [-0.1, -0.05) is 6.92 Å². The zero-order chi connectivity index (χ0) is 14.7. The highest BCUT2D eigenvalue weighted by Crippen LogP contribution is 2.34. The van der Waals surface area contributed by atoms with Gasteiger partial charge in [0, 0.05) is 20.1 Å². The highest BCUT2D eigenvalue weighted by atomic mass is 16.5. The molecule has 0 spiro atoms. The highest BCUT2D eigenvalue weighted by molar-refractivity contribution is 5.80. The third-order valence-electron chi connectivity index (χ3n) is 5.12. The van der Waals surface area contributed by atoms with Crippen LogP contribution in [0.5, 0.6) is 0 Å². The molecule has 4 unspecified atom stereocenters. The lowest BCUT2D eigenvalue weighted by Gasteiger charge is -2.23. The van der Waals surface area contributed by atoms with Gasteiger partial charge in [0.25, 0.3) is 0 Å². The lowest BCUT2D eigenvalue weighted by Crippen LogP contribution is -2.48. The molecule has 3 heterocycles. The van der Waals surface area contributed by atoms with E-state index in [9.17, 15) is 0 Å². The van der Waals surface area contributed by atoms with Crippen molar-refractivity contribution < 1.29 is 4.74 Å². The van der Waals surface area contributed by atoms with Gasteiger partial charge in [0.05, 0.1) is 18.2 Å². The summed E-state index contributed by atoms with van der Waals surface area (Å²) in [5.41, 5.74) is 0. The van der Waals surface area contributed by atoms with Crippen molar-refractivity contribution in [2.45, 2.75) is 57.3 Å². The maximum Gasteiger partial charge on any atom is 0.191 e. The van der Waals surface area contributed by atoms with Crippen LogP contribution in [0.3, 0.4) is 0 Å². The third kappa shape index (κ3) is 3.69. The molecular formula is C16H30N4O. The molecule has 4 atom stereocenters. The summed E-state index contributed by atoms with van der Waals surface area (Å²) in [6, 6.07) is 0.454. The fourth-order valence-electron chi connectivity index (χ4n) is 4.00. The number of likely N-dealkylation sites (tertiary alicyclic amines) is 1. The predicted molar refractivity (Wildman–Crippen MR) is 85.6 cm³/mol. The first-order valence-electron chi connectivity index (χ1n) is 8.63. The average Bonchev–Trinajstić information content (AvgIpc) is 3.20. The first kappa shape index (κ1) is 15.1. The molecule has 0 aliphatic carbocycles. The van der Waals surface area contributed by atoms with Crippen molar-refractivity contribution in [3.63, 3.8) is 0 Å². The minimum atomic E-state index is 0.403. The fourth-order valence-corrected chi connectivity index (χ4v) is 4.00. The lowest BCUT2D eigenvalue weighted by atomic mass is 9.96. The summed E-state index contributed by atoms with van der Waals surface area (Å²) in [5, 5.41) is 7.07. The molecule has 21 heavy (non-hydrogen) atoms. The van der Waals surface area contributed by atoms with E-state index in [0.717, 1.165) is 24.8 Å². The summed E-state index contributed by atoms with van der Waals surface area (Å²) in [5.74, 6) is 1.71. The molecular weight excluding hydrogens is 264 g/mol. The molecule has 0 aromatic carbocycles. The molecule has 0 aromatic rings. The number of rotatable bonds is 5. The van der Waals surface area contributed by atoms with Crippen LogP contribution in [-0.2, 0) is 4.74 Å². The van der Waals surface area contributed by atoms with Crippen LogP contribution in [0, 0.1) is 5.92 Å². The smallest absolute Gasteiger partial charge is 0.191 e. The molecule has 0 aromatic heterocycles. The third-order valence-corrected chi connectivity index (χ3v) is 5.12. The van der Waals surface area contributed by atoms with Gasteiger partial charge in [-0.3, -0.25) is 4.99 Å². The molecule has 2 N–H and O–H groups in total. The molecule has 3 rings (SSSR count). The zero-order valence-corrected chi connectivity index (χ0v) is 13.5. The number of aliphatic imine (C=N–C) groups is 1. The van der Waals surface area contributed by atoms with E-state index in [1.165, 1.54) is 45.3 Å². The average molecular weight is 294 g/mol. The molecule has 5 nitrogen and oxygen atoms in total. The predicted octanol–water partition coefficient (Wildman–Crippen LogP) is 1.20. The maximum atomic E-state index is 5.90. The Morgan fingerprint density at radius 2 is 2.24 bits per heavy atom. The van der Waals surface area contributed by atoms with Gasteiger partial charge in [-0.05, 0) is 51.1 Å². The Kier molecular flexibility index (Phi) is 5.01. The topological polar surface area (TPSA) is 48.9 Å². The molecule has 2 bridgehead atoms. The van der Waals surface area contributed by atoms with Crippen LogP contribution in [0.2, 0.25) is 0 Å². The number of hydrogen-bond acceptors (Lipinski definition) is 3. The number of nitrogens with one attached hydrogen (secondary N) is 2. The Bertz CT molecular complexity index is 373. The molecule has 3 fully saturated rings. The first-order valence-corrected chi connectivity index (χ1v) is 8.63. The molecule has 0 radical (unpaired) electrons. The van der Waals surface area contributed by atoms with Gasteiger partial charge in [0.15, 0.2) is 5.96 Å². The summed E-state index contributed by atoms with van der Waals surface area (Å²) >= 11 is 0. The Morgan fingerprint density at radius 1 is 1.33 bits per heavy atom. The first-order chi connectivity index (χ1) is 10.3. The minimum Gasteiger partial charge on any atom is -0.373 e. The molecule has 0 saturated carbocycles.